The molecule has 210 valence electrons. The molecule has 2 aromatic carbocycles. The fraction of sp³-hybridized carbons (Fsp3) is 0.406. The molecule has 40 heavy (non-hydrogen) atoms. The van der Waals surface area contributed by atoms with Gasteiger partial charge in [0.25, 0.3) is 0 Å². The van der Waals surface area contributed by atoms with Crippen LogP contribution in [0.4, 0.5) is 4.79 Å². The predicted octanol–water partition coefficient (Wildman–Crippen LogP) is 5.29. The minimum absolute atomic E-state index is 0.0818. The molecule has 8 nitrogen and oxygen atoms in total. The molecule has 2 aliphatic heterocycles. The molecule has 0 aliphatic carbocycles. The number of rotatable bonds is 6. The Morgan fingerprint density at radius 1 is 1.07 bits per heavy atom. The smallest absolute Gasteiger partial charge is 0.328 e. The molecule has 0 fully saturated rings. The van der Waals surface area contributed by atoms with Gasteiger partial charge in [-0.05, 0) is 73.7 Å². The normalized spacial score (nSPS) is 17.1. The number of urea groups is 1. The fourth-order valence-corrected chi connectivity index (χ4v) is 5.47. The number of esters is 1. The van der Waals surface area contributed by atoms with E-state index in [0.717, 1.165) is 50.5 Å². The molecular weight excluding hydrogens is 506 g/mol. The van der Waals surface area contributed by atoms with Gasteiger partial charge >= 0.3 is 12.0 Å². The summed E-state index contributed by atoms with van der Waals surface area (Å²) >= 11 is 0. The summed E-state index contributed by atoms with van der Waals surface area (Å²) in [6, 6.07) is 15.3. The average molecular weight is 544 g/mol. The van der Waals surface area contributed by atoms with Gasteiger partial charge in [0.1, 0.15) is 11.8 Å². The average Bonchev–Trinajstić information content (AvgIpc) is 2.96. The molecule has 3 aromatic rings. The highest BCUT2D eigenvalue weighted by Crippen LogP contribution is 2.40. The zero-order chi connectivity index (χ0) is 28.4. The molecule has 0 bridgehead atoms. The second kappa shape index (κ2) is 11.7. The zero-order valence-electron chi connectivity index (χ0n) is 23.8. The van der Waals surface area contributed by atoms with E-state index in [-0.39, 0.29) is 18.2 Å². The summed E-state index contributed by atoms with van der Waals surface area (Å²) in [5, 5.41) is 2.80. The van der Waals surface area contributed by atoms with Crippen LogP contribution < -0.4 is 10.1 Å². The third-order valence-electron chi connectivity index (χ3n) is 7.59. The number of carbonyl (C=O) groups is 2. The first-order valence-corrected chi connectivity index (χ1v) is 13.9. The van der Waals surface area contributed by atoms with Gasteiger partial charge in [0.2, 0.25) is 0 Å². The molecule has 0 saturated heterocycles. The van der Waals surface area contributed by atoms with E-state index in [1.54, 1.807) is 32.8 Å². The van der Waals surface area contributed by atoms with Crippen LogP contribution in [0.1, 0.15) is 60.4 Å². The Morgan fingerprint density at radius 2 is 1.85 bits per heavy atom. The maximum absolute atomic E-state index is 13.2. The van der Waals surface area contributed by atoms with Crippen LogP contribution in [0.2, 0.25) is 0 Å². The Labute approximate surface area is 235 Å². The van der Waals surface area contributed by atoms with Crippen molar-refractivity contribution >= 4 is 12.0 Å². The Balaban J connectivity index is 1.49. The van der Waals surface area contributed by atoms with Crippen molar-refractivity contribution in [3.05, 3.63) is 82.0 Å². The zero-order valence-corrected chi connectivity index (χ0v) is 23.8. The monoisotopic (exact) mass is 543 g/mol. The third-order valence-corrected chi connectivity index (χ3v) is 7.59. The summed E-state index contributed by atoms with van der Waals surface area (Å²) in [6.07, 6.45) is 0.979. The van der Waals surface area contributed by atoms with E-state index in [2.05, 4.69) is 30.4 Å². The highest BCUT2D eigenvalue weighted by molar-refractivity contribution is 5.83. The van der Waals surface area contributed by atoms with Crippen LogP contribution in [0.5, 0.6) is 5.75 Å². The number of ether oxygens (including phenoxy) is 3. The SMILES string of the molecule is COc1ccc(-c2nc3c(c4c2C[C@H](c2ccccc2)OC4)CN(C(=O)N[C@@H](C)C(=O)OC(C)C)CC3)c(C)c1. The number of nitrogens with zero attached hydrogens (tertiary/aromatic N) is 2. The van der Waals surface area contributed by atoms with Crippen molar-refractivity contribution in [2.75, 3.05) is 13.7 Å². The van der Waals surface area contributed by atoms with Gasteiger partial charge < -0.3 is 24.4 Å². The molecule has 1 N–H and O–H groups in total. The maximum atomic E-state index is 13.2. The van der Waals surface area contributed by atoms with E-state index in [4.69, 9.17) is 19.2 Å². The number of aryl methyl sites for hydroxylation is 1. The minimum Gasteiger partial charge on any atom is -0.497 e. The molecular formula is C32H37N3O5. The van der Waals surface area contributed by atoms with Gasteiger partial charge in [-0.1, -0.05) is 30.3 Å². The minimum atomic E-state index is -0.737. The number of aromatic nitrogens is 1. The van der Waals surface area contributed by atoms with Gasteiger partial charge in [-0.15, -0.1) is 0 Å². The number of nitrogens with one attached hydrogen (secondary N) is 1. The summed E-state index contributed by atoms with van der Waals surface area (Å²) in [6.45, 7) is 8.65. The fourth-order valence-electron chi connectivity index (χ4n) is 5.47. The van der Waals surface area contributed by atoms with E-state index in [9.17, 15) is 9.59 Å². The molecule has 2 amide bonds. The maximum Gasteiger partial charge on any atom is 0.328 e. The Bertz CT molecular complexity index is 1410. The van der Waals surface area contributed by atoms with Gasteiger partial charge in [-0.3, -0.25) is 4.98 Å². The molecule has 5 rings (SSSR count). The molecule has 3 heterocycles. The van der Waals surface area contributed by atoms with Gasteiger partial charge in [-0.2, -0.15) is 0 Å². The van der Waals surface area contributed by atoms with Gasteiger partial charge in [-0.25, -0.2) is 9.59 Å². The van der Waals surface area contributed by atoms with E-state index in [0.29, 0.717) is 32.5 Å². The van der Waals surface area contributed by atoms with Crippen LogP contribution in [-0.4, -0.2) is 47.7 Å². The number of hydrogen-bond acceptors (Lipinski definition) is 6. The summed E-state index contributed by atoms with van der Waals surface area (Å²) in [5.41, 5.74) is 8.56. The first kappa shape index (κ1) is 27.6. The van der Waals surface area contributed by atoms with Crippen LogP contribution in [0.25, 0.3) is 11.3 Å². The molecule has 1 aromatic heterocycles. The van der Waals surface area contributed by atoms with Crippen molar-refractivity contribution in [1.82, 2.24) is 15.2 Å². The topological polar surface area (TPSA) is 90.0 Å². The summed E-state index contributed by atoms with van der Waals surface area (Å²) in [4.78, 5) is 32.4. The highest BCUT2D eigenvalue weighted by atomic mass is 16.5. The largest absolute Gasteiger partial charge is 0.497 e. The Kier molecular flexibility index (Phi) is 8.07. The highest BCUT2D eigenvalue weighted by Gasteiger charge is 2.33. The Morgan fingerprint density at radius 3 is 2.55 bits per heavy atom. The van der Waals surface area contributed by atoms with Crippen molar-refractivity contribution in [3.63, 3.8) is 0 Å². The van der Waals surface area contributed by atoms with Crippen LogP contribution >= 0.6 is 0 Å². The lowest BCUT2D eigenvalue weighted by Crippen LogP contribution is -2.49. The summed E-state index contributed by atoms with van der Waals surface area (Å²) in [5.74, 6) is 0.367. The first-order chi connectivity index (χ1) is 19.2. The van der Waals surface area contributed by atoms with Crippen LogP contribution in [0.15, 0.2) is 48.5 Å². The van der Waals surface area contributed by atoms with E-state index in [1.807, 2.05) is 30.3 Å². The molecule has 2 aliphatic rings. The predicted molar refractivity (Wildman–Crippen MR) is 152 cm³/mol. The second-order valence-electron chi connectivity index (χ2n) is 10.8. The van der Waals surface area contributed by atoms with E-state index < -0.39 is 12.0 Å². The number of methoxy groups -OCH3 is 1. The number of amides is 2. The number of carbonyl (C=O) groups excluding carboxylic acids is 2. The number of hydrogen-bond donors (Lipinski definition) is 1. The van der Waals surface area contributed by atoms with Gasteiger partial charge in [0, 0.05) is 37.2 Å². The molecule has 2 atom stereocenters. The lowest BCUT2D eigenvalue weighted by atomic mass is 9.86. The van der Waals surface area contributed by atoms with Crippen molar-refractivity contribution in [3.8, 4) is 17.0 Å². The van der Waals surface area contributed by atoms with Crippen LogP contribution in [0, 0.1) is 6.92 Å². The van der Waals surface area contributed by atoms with Crippen LogP contribution in [0.3, 0.4) is 0 Å². The van der Waals surface area contributed by atoms with Crippen LogP contribution in [-0.2, 0) is 40.3 Å². The number of fused-ring (bicyclic) bond motifs is 3. The summed E-state index contributed by atoms with van der Waals surface area (Å²) < 4.78 is 17.1. The van der Waals surface area contributed by atoms with Crippen molar-refractivity contribution < 1.29 is 23.8 Å². The quantitative estimate of drug-likeness (QED) is 0.425. The summed E-state index contributed by atoms with van der Waals surface area (Å²) in [7, 11) is 1.67. The molecule has 0 saturated carbocycles. The van der Waals surface area contributed by atoms with E-state index >= 15 is 0 Å². The molecule has 0 unspecified atom stereocenters. The first-order valence-electron chi connectivity index (χ1n) is 13.9. The molecule has 8 heteroatoms. The van der Waals surface area contributed by atoms with Gasteiger partial charge in [0.15, 0.2) is 0 Å². The molecule has 0 radical (unpaired) electrons. The number of pyridine rings is 1. The Hall–Kier alpha value is -3.91. The third kappa shape index (κ3) is 5.68. The lowest BCUT2D eigenvalue weighted by Gasteiger charge is -2.35. The lowest BCUT2D eigenvalue weighted by molar-refractivity contribution is -0.149. The molecule has 0 spiro atoms. The van der Waals surface area contributed by atoms with Crippen molar-refractivity contribution in [2.24, 2.45) is 0 Å². The number of benzene rings is 2. The second-order valence-corrected chi connectivity index (χ2v) is 10.8. The van der Waals surface area contributed by atoms with E-state index in [1.165, 1.54) is 0 Å². The van der Waals surface area contributed by atoms with Crippen molar-refractivity contribution in [2.45, 2.75) is 71.9 Å². The van der Waals surface area contributed by atoms with Gasteiger partial charge in [0.05, 0.1) is 31.6 Å². The van der Waals surface area contributed by atoms with Crippen molar-refractivity contribution in [1.29, 1.82) is 0 Å². The standard InChI is InChI=1S/C32H37N3O5/c1-19(2)40-31(36)21(4)33-32(37)35-14-13-28-26(17-35)27-18-39-29(22-9-7-6-8-10-22)16-25(27)30(34-28)24-12-11-23(38-5)15-20(24)3/h6-12,15,19,21,29H,13-14,16-18H2,1-5H3,(H,33,37)/t21-,29+/m0/s1.